The predicted molar refractivity (Wildman–Crippen MR) is 71.4 cm³/mol. The Kier molecular flexibility index (Phi) is 4.45. The fraction of sp³-hybridized carbons (Fsp3) is 0.857. The molecule has 1 aliphatic carbocycles. The molecule has 2 unspecified atom stereocenters. The molecule has 5 nitrogen and oxygen atoms in total. The van der Waals surface area contributed by atoms with E-state index >= 15 is 0 Å². The minimum absolute atomic E-state index is 0.0975. The molecule has 0 aromatic rings. The molecule has 3 N–H and O–H groups in total. The molecule has 0 bridgehead atoms. The molecule has 1 saturated heterocycles. The van der Waals surface area contributed by atoms with Gasteiger partial charge in [-0.2, -0.15) is 0 Å². The smallest absolute Gasteiger partial charge is 0.242 e. The standard InChI is InChI=1S/C14H24N2O3/c1-14(8-4-2-7-11(14)17)13(19)16-10-6-3-5-9-15-12(10)18/h10-11,17H,2-9H2,1H3,(H,15,18)(H,16,19)/t10-,11?,14?/m0/s1. The summed E-state index contributed by atoms with van der Waals surface area (Å²) in [4.78, 5) is 24.2. The number of amides is 2. The summed E-state index contributed by atoms with van der Waals surface area (Å²) in [5.41, 5.74) is -0.745. The Hall–Kier alpha value is -1.10. The second-order valence-electron chi connectivity index (χ2n) is 5.99. The molecule has 19 heavy (non-hydrogen) atoms. The van der Waals surface area contributed by atoms with Gasteiger partial charge in [0.05, 0.1) is 11.5 Å². The van der Waals surface area contributed by atoms with Crippen LogP contribution < -0.4 is 10.6 Å². The van der Waals surface area contributed by atoms with Crippen molar-refractivity contribution in [1.29, 1.82) is 0 Å². The lowest BCUT2D eigenvalue weighted by Crippen LogP contribution is -2.54. The Morgan fingerprint density at radius 3 is 2.79 bits per heavy atom. The average Bonchev–Trinajstić information content (AvgIpc) is 2.59. The van der Waals surface area contributed by atoms with Gasteiger partial charge in [-0.1, -0.05) is 12.8 Å². The first-order valence-corrected chi connectivity index (χ1v) is 7.31. The van der Waals surface area contributed by atoms with Crippen LogP contribution in [0, 0.1) is 5.41 Å². The van der Waals surface area contributed by atoms with E-state index < -0.39 is 17.6 Å². The van der Waals surface area contributed by atoms with Crippen LogP contribution >= 0.6 is 0 Å². The van der Waals surface area contributed by atoms with Crippen LogP contribution in [0.1, 0.15) is 51.9 Å². The van der Waals surface area contributed by atoms with Crippen LogP contribution in [-0.4, -0.2) is 35.6 Å². The molecule has 2 fully saturated rings. The summed E-state index contributed by atoms with van der Waals surface area (Å²) in [6, 6.07) is -0.444. The summed E-state index contributed by atoms with van der Waals surface area (Å²) in [7, 11) is 0. The molecule has 0 spiro atoms. The van der Waals surface area contributed by atoms with Crippen molar-refractivity contribution in [3.05, 3.63) is 0 Å². The van der Waals surface area contributed by atoms with E-state index in [1.54, 1.807) is 6.92 Å². The van der Waals surface area contributed by atoms with Crippen molar-refractivity contribution < 1.29 is 14.7 Å². The number of hydrogen-bond acceptors (Lipinski definition) is 3. The highest BCUT2D eigenvalue weighted by Crippen LogP contribution is 2.36. The molecular weight excluding hydrogens is 244 g/mol. The van der Waals surface area contributed by atoms with Gasteiger partial charge in [0.15, 0.2) is 0 Å². The van der Waals surface area contributed by atoms with Crippen LogP contribution in [0.3, 0.4) is 0 Å². The first-order chi connectivity index (χ1) is 9.04. The van der Waals surface area contributed by atoms with E-state index in [0.717, 1.165) is 25.7 Å². The fourth-order valence-electron chi connectivity index (χ4n) is 2.98. The fourth-order valence-corrected chi connectivity index (χ4v) is 2.98. The Morgan fingerprint density at radius 1 is 1.32 bits per heavy atom. The van der Waals surface area contributed by atoms with Crippen molar-refractivity contribution in [2.75, 3.05) is 6.54 Å². The maximum Gasteiger partial charge on any atom is 0.242 e. The highest BCUT2D eigenvalue weighted by atomic mass is 16.3. The molecule has 1 saturated carbocycles. The topological polar surface area (TPSA) is 78.4 Å². The van der Waals surface area contributed by atoms with Crippen LogP contribution in [0.5, 0.6) is 0 Å². The van der Waals surface area contributed by atoms with Crippen molar-refractivity contribution in [2.45, 2.75) is 64.0 Å². The lowest BCUT2D eigenvalue weighted by molar-refractivity contribution is -0.142. The summed E-state index contributed by atoms with van der Waals surface area (Å²) in [6.45, 7) is 2.49. The third-order valence-corrected chi connectivity index (χ3v) is 4.52. The maximum atomic E-state index is 12.4. The van der Waals surface area contributed by atoms with Crippen LogP contribution in [0.25, 0.3) is 0 Å². The molecule has 2 aliphatic rings. The van der Waals surface area contributed by atoms with Gasteiger partial charge in [-0.15, -0.1) is 0 Å². The summed E-state index contributed by atoms with van der Waals surface area (Å²) in [5, 5.41) is 15.7. The highest BCUT2D eigenvalue weighted by molar-refractivity contribution is 5.90. The summed E-state index contributed by atoms with van der Waals surface area (Å²) >= 11 is 0. The normalized spacial score (nSPS) is 36.2. The van der Waals surface area contributed by atoms with Crippen molar-refractivity contribution in [2.24, 2.45) is 5.41 Å². The number of carbonyl (C=O) groups excluding carboxylic acids is 2. The highest BCUT2D eigenvalue weighted by Gasteiger charge is 2.43. The predicted octanol–water partition coefficient (Wildman–Crippen LogP) is 0.712. The van der Waals surface area contributed by atoms with E-state index in [4.69, 9.17) is 0 Å². The van der Waals surface area contributed by atoms with Crippen molar-refractivity contribution >= 4 is 11.8 Å². The van der Waals surface area contributed by atoms with E-state index in [2.05, 4.69) is 10.6 Å². The zero-order valence-electron chi connectivity index (χ0n) is 11.6. The minimum Gasteiger partial charge on any atom is -0.392 e. The first-order valence-electron chi connectivity index (χ1n) is 7.31. The Balaban J connectivity index is 2.00. The van der Waals surface area contributed by atoms with Crippen molar-refractivity contribution in [3.8, 4) is 0 Å². The van der Waals surface area contributed by atoms with Gasteiger partial charge in [0.1, 0.15) is 6.04 Å². The van der Waals surface area contributed by atoms with E-state index in [1.165, 1.54) is 0 Å². The summed E-state index contributed by atoms with van der Waals surface area (Å²) < 4.78 is 0. The van der Waals surface area contributed by atoms with Gasteiger partial charge in [0, 0.05) is 6.54 Å². The van der Waals surface area contributed by atoms with Crippen LogP contribution in [0.4, 0.5) is 0 Å². The third-order valence-electron chi connectivity index (χ3n) is 4.52. The number of aliphatic hydroxyl groups is 1. The molecule has 5 heteroatoms. The second kappa shape index (κ2) is 5.90. The zero-order chi connectivity index (χ0) is 13.9. The monoisotopic (exact) mass is 268 g/mol. The molecule has 2 rings (SSSR count). The van der Waals surface area contributed by atoms with Gasteiger partial charge < -0.3 is 15.7 Å². The maximum absolute atomic E-state index is 12.4. The molecule has 3 atom stereocenters. The number of rotatable bonds is 2. The van der Waals surface area contributed by atoms with E-state index in [1.807, 2.05) is 0 Å². The van der Waals surface area contributed by atoms with Gasteiger partial charge in [-0.3, -0.25) is 9.59 Å². The molecule has 0 aromatic heterocycles. The minimum atomic E-state index is -0.745. The lowest BCUT2D eigenvalue weighted by atomic mass is 9.72. The zero-order valence-corrected chi connectivity index (χ0v) is 11.6. The molecule has 0 radical (unpaired) electrons. The lowest BCUT2D eigenvalue weighted by Gasteiger charge is -2.37. The SMILES string of the molecule is CC1(C(=O)N[C@H]2CCCCNC2=O)CCCCC1O. The van der Waals surface area contributed by atoms with Gasteiger partial charge in [-0.25, -0.2) is 0 Å². The first kappa shape index (κ1) is 14.3. The molecule has 2 amide bonds. The van der Waals surface area contributed by atoms with Gasteiger partial charge in [0.25, 0.3) is 0 Å². The number of carbonyl (C=O) groups is 2. The molecular formula is C14H24N2O3. The molecule has 1 heterocycles. The number of hydrogen-bond donors (Lipinski definition) is 3. The van der Waals surface area contributed by atoms with Gasteiger partial charge in [-0.05, 0) is 39.0 Å². The van der Waals surface area contributed by atoms with Crippen LogP contribution in [0.2, 0.25) is 0 Å². The Bertz CT molecular complexity index is 359. The van der Waals surface area contributed by atoms with Gasteiger partial charge in [0.2, 0.25) is 11.8 Å². The molecule has 108 valence electrons. The van der Waals surface area contributed by atoms with Crippen molar-refractivity contribution in [1.82, 2.24) is 10.6 Å². The number of nitrogens with one attached hydrogen (secondary N) is 2. The van der Waals surface area contributed by atoms with E-state index in [9.17, 15) is 14.7 Å². The molecule has 1 aliphatic heterocycles. The van der Waals surface area contributed by atoms with Crippen LogP contribution in [0.15, 0.2) is 0 Å². The Morgan fingerprint density at radius 2 is 2.05 bits per heavy atom. The van der Waals surface area contributed by atoms with E-state index in [0.29, 0.717) is 25.8 Å². The molecule has 0 aromatic carbocycles. The van der Waals surface area contributed by atoms with Crippen LogP contribution in [-0.2, 0) is 9.59 Å². The third kappa shape index (κ3) is 3.08. The Labute approximate surface area is 114 Å². The quantitative estimate of drug-likeness (QED) is 0.690. The average molecular weight is 268 g/mol. The van der Waals surface area contributed by atoms with E-state index in [-0.39, 0.29) is 11.8 Å². The van der Waals surface area contributed by atoms with Gasteiger partial charge >= 0.3 is 0 Å². The van der Waals surface area contributed by atoms with Crippen molar-refractivity contribution in [3.63, 3.8) is 0 Å². The largest absolute Gasteiger partial charge is 0.392 e. The summed E-state index contributed by atoms with van der Waals surface area (Å²) in [6.07, 6.45) is 5.25. The summed E-state index contributed by atoms with van der Waals surface area (Å²) in [5.74, 6) is -0.276. The number of aliphatic hydroxyl groups excluding tert-OH is 1. The second-order valence-corrected chi connectivity index (χ2v) is 5.99.